The van der Waals surface area contributed by atoms with E-state index >= 15 is 0 Å². The molecule has 0 amide bonds. The van der Waals surface area contributed by atoms with E-state index in [1.165, 1.54) is 5.69 Å². The van der Waals surface area contributed by atoms with Gasteiger partial charge >= 0.3 is 0 Å². The molecule has 0 aliphatic heterocycles. The summed E-state index contributed by atoms with van der Waals surface area (Å²) in [5.41, 5.74) is 2.12. The summed E-state index contributed by atoms with van der Waals surface area (Å²) >= 11 is 3.63. The molecule has 2 unspecified atom stereocenters. The van der Waals surface area contributed by atoms with E-state index in [-0.39, 0.29) is 0 Å². The number of rotatable bonds is 6. The van der Waals surface area contributed by atoms with E-state index in [1.807, 2.05) is 12.1 Å². The minimum absolute atomic E-state index is 0.431. The molecule has 0 fully saturated rings. The van der Waals surface area contributed by atoms with Crippen LogP contribution in [0.25, 0.3) is 0 Å². The van der Waals surface area contributed by atoms with Gasteiger partial charge in [-0.25, -0.2) is 0 Å². The van der Waals surface area contributed by atoms with Crippen molar-refractivity contribution in [2.45, 2.75) is 32.9 Å². The van der Waals surface area contributed by atoms with Crippen molar-refractivity contribution in [2.24, 2.45) is 0 Å². The third-order valence-corrected chi connectivity index (χ3v) is 3.90. The molecule has 4 heteroatoms. The van der Waals surface area contributed by atoms with Crippen LogP contribution in [0.1, 0.15) is 32.4 Å². The fraction of sp³-hybridized carbons (Fsp3) is 0.600. The van der Waals surface area contributed by atoms with Crippen LogP contribution in [0.5, 0.6) is 0 Å². The van der Waals surface area contributed by atoms with Crippen LogP contribution in [0.2, 0.25) is 0 Å². The van der Waals surface area contributed by atoms with E-state index in [0.717, 1.165) is 23.1 Å². The van der Waals surface area contributed by atoms with Gasteiger partial charge in [-0.05, 0) is 68.5 Å². The van der Waals surface area contributed by atoms with Crippen LogP contribution < -0.4 is 4.90 Å². The summed E-state index contributed by atoms with van der Waals surface area (Å²) in [7, 11) is 4.19. The maximum absolute atomic E-state index is 9.62. The zero-order valence-corrected chi connectivity index (χ0v) is 14.1. The van der Waals surface area contributed by atoms with Gasteiger partial charge in [-0.1, -0.05) is 6.07 Å². The first kappa shape index (κ1) is 16.5. The summed E-state index contributed by atoms with van der Waals surface area (Å²) < 4.78 is 1.04. The lowest BCUT2D eigenvalue weighted by molar-refractivity contribution is 0.199. The van der Waals surface area contributed by atoms with Crippen molar-refractivity contribution in [1.29, 1.82) is 0 Å². The molecule has 3 nitrogen and oxygen atoms in total. The molecule has 0 aromatic heterocycles. The highest BCUT2D eigenvalue weighted by atomic mass is 79.9. The van der Waals surface area contributed by atoms with Crippen molar-refractivity contribution in [1.82, 2.24) is 4.90 Å². The van der Waals surface area contributed by atoms with Gasteiger partial charge in [0, 0.05) is 23.6 Å². The number of nitrogens with zero attached hydrogens (tertiary/aromatic N) is 2. The average Bonchev–Trinajstić information content (AvgIpc) is 2.30. The first-order valence-electron chi connectivity index (χ1n) is 6.75. The number of aliphatic hydroxyl groups is 1. The van der Waals surface area contributed by atoms with Gasteiger partial charge < -0.3 is 14.9 Å². The summed E-state index contributed by atoms with van der Waals surface area (Å²) in [4.78, 5) is 4.57. The van der Waals surface area contributed by atoms with E-state index in [2.05, 4.69) is 59.7 Å². The summed E-state index contributed by atoms with van der Waals surface area (Å²) in [6.45, 7) is 8.16. The van der Waals surface area contributed by atoms with Crippen molar-refractivity contribution >= 4 is 21.6 Å². The van der Waals surface area contributed by atoms with Crippen LogP contribution in [-0.2, 0) is 0 Å². The van der Waals surface area contributed by atoms with E-state index in [4.69, 9.17) is 0 Å². The average molecular weight is 329 g/mol. The normalized spacial score (nSPS) is 14.5. The molecule has 0 aliphatic carbocycles. The van der Waals surface area contributed by atoms with Gasteiger partial charge in [0.1, 0.15) is 0 Å². The highest BCUT2D eigenvalue weighted by molar-refractivity contribution is 9.10. The smallest absolute Gasteiger partial charge is 0.0762 e. The maximum atomic E-state index is 9.62. The van der Waals surface area contributed by atoms with Gasteiger partial charge in [-0.15, -0.1) is 0 Å². The largest absolute Gasteiger partial charge is 0.389 e. The Kier molecular flexibility index (Phi) is 6.30. The molecule has 2 atom stereocenters. The Hall–Kier alpha value is -0.580. The standard InChI is InChI=1S/C15H25BrN2O/c1-6-18(11(2)10-17(4)5)15-8-7-13(12(3)19)9-14(15)16/h7-9,11-12,19H,6,10H2,1-5H3. The van der Waals surface area contributed by atoms with Gasteiger partial charge in [0.15, 0.2) is 0 Å². The maximum Gasteiger partial charge on any atom is 0.0762 e. The van der Waals surface area contributed by atoms with Crippen LogP contribution in [-0.4, -0.2) is 43.2 Å². The van der Waals surface area contributed by atoms with Crippen LogP contribution >= 0.6 is 15.9 Å². The zero-order valence-electron chi connectivity index (χ0n) is 12.5. The van der Waals surface area contributed by atoms with Crippen molar-refractivity contribution in [2.75, 3.05) is 32.1 Å². The minimum atomic E-state index is -0.431. The molecule has 0 heterocycles. The number of aliphatic hydroxyl groups excluding tert-OH is 1. The van der Waals surface area contributed by atoms with E-state index in [0.29, 0.717) is 6.04 Å². The molecular weight excluding hydrogens is 304 g/mol. The van der Waals surface area contributed by atoms with E-state index in [9.17, 15) is 5.11 Å². The molecule has 19 heavy (non-hydrogen) atoms. The summed E-state index contributed by atoms with van der Waals surface area (Å²) in [6.07, 6.45) is -0.431. The Morgan fingerprint density at radius 2 is 1.89 bits per heavy atom. The Balaban J connectivity index is 2.98. The Morgan fingerprint density at radius 3 is 2.32 bits per heavy atom. The molecule has 0 bridgehead atoms. The van der Waals surface area contributed by atoms with Gasteiger partial charge in [-0.3, -0.25) is 0 Å². The van der Waals surface area contributed by atoms with Crippen LogP contribution in [0.15, 0.2) is 22.7 Å². The quantitative estimate of drug-likeness (QED) is 0.868. The molecule has 0 saturated carbocycles. The highest BCUT2D eigenvalue weighted by Crippen LogP contribution is 2.30. The molecule has 1 aromatic rings. The summed E-state index contributed by atoms with van der Waals surface area (Å²) in [5.74, 6) is 0. The lowest BCUT2D eigenvalue weighted by Crippen LogP contribution is -2.40. The number of hydrogen-bond donors (Lipinski definition) is 1. The van der Waals surface area contributed by atoms with Gasteiger partial charge in [0.2, 0.25) is 0 Å². The monoisotopic (exact) mass is 328 g/mol. The molecule has 0 spiro atoms. The third kappa shape index (κ3) is 4.48. The molecule has 1 N–H and O–H groups in total. The fourth-order valence-corrected chi connectivity index (χ4v) is 2.99. The number of hydrogen-bond acceptors (Lipinski definition) is 3. The Labute approximate surface area is 125 Å². The zero-order chi connectivity index (χ0) is 14.6. The van der Waals surface area contributed by atoms with Crippen LogP contribution in [0.4, 0.5) is 5.69 Å². The van der Waals surface area contributed by atoms with Gasteiger partial charge in [0.05, 0.1) is 11.8 Å². The molecule has 0 radical (unpaired) electrons. The van der Waals surface area contributed by atoms with E-state index in [1.54, 1.807) is 6.92 Å². The fourth-order valence-electron chi connectivity index (χ4n) is 2.36. The van der Waals surface area contributed by atoms with Crippen molar-refractivity contribution in [3.8, 4) is 0 Å². The molecule has 1 aromatic carbocycles. The Bertz CT molecular complexity index is 407. The molecule has 0 saturated heterocycles. The predicted octanol–water partition coefficient (Wildman–Crippen LogP) is 3.28. The second-order valence-corrected chi connectivity index (χ2v) is 6.14. The van der Waals surface area contributed by atoms with Crippen LogP contribution in [0, 0.1) is 0 Å². The Morgan fingerprint density at radius 1 is 1.26 bits per heavy atom. The number of benzene rings is 1. The highest BCUT2D eigenvalue weighted by Gasteiger charge is 2.16. The topological polar surface area (TPSA) is 26.7 Å². The first-order chi connectivity index (χ1) is 8.86. The SMILES string of the molecule is CCN(c1ccc(C(C)O)cc1Br)C(C)CN(C)C. The summed E-state index contributed by atoms with van der Waals surface area (Å²) in [5, 5.41) is 9.62. The molecule has 108 valence electrons. The number of halogens is 1. The second-order valence-electron chi connectivity index (χ2n) is 5.28. The van der Waals surface area contributed by atoms with Crippen LogP contribution in [0.3, 0.4) is 0 Å². The first-order valence-corrected chi connectivity index (χ1v) is 7.55. The van der Waals surface area contributed by atoms with Crippen molar-refractivity contribution in [3.05, 3.63) is 28.2 Å². The molecular formula is C15H25BrN2O. The predicted molar refractivity (Wildman–Crippen MR) is 85.8 cm³/mol. The summed E-state index contributed by atoms with van der Waals surface area (Å²) in [6, 6.07) is 6.52. The number of likely N-dealkylation sites (N-methyl/N-ethyl adjacent to an activating group) is 2. The van der Waals surface area contributed by atoms with E-state index < -0.39 is 6.10 Å². The van der Waals surface area contributed by atoms with Gasteiger partial charge in [-0.2, -0.15) is 0 Å². The molecule has 0 aliphatic rings. The number of anilines is 1. The molecule has 1 rings (SSSR count). The van der Waals surface area contributed by atoms with Crippen molar-refractivity contribution < 1.29 is 5.11 Å². The van der Waals surface area contributed by atoms with Crippen molar-refractivity contribution in [3.63, 3.8) is 0 Å². The minimum Gasteiger partial charge on any atom is -0.389 e. The van der Waals surface area contributed by atoms with Gasteiger partial charge in [0.25, 0.3) is 0 Å². The second kappa shape index (κ2) is 7.27. The lowest BCUT2D eigenvalue weighted by Gasteiger charge is -2.33. The lowest BCUT2D eigenvalue weighted by atomic mass is 10.1. The third-order valence-electron chi connectivity index (χ3n) is 3.27.